The maximum absolute atomic E-state index is 12.2. The number of rotatable bonds is 9. The highest BCUT2D eigenvalue weighted by Gasteiger charge is 2.23. The fourth-order valence-electron chi connectivity index (χ4n) is 3.02. The van der Waals surface area contributed by atoms with Gasteiger partial charge in [-0.25, -0.2) is 0 Å². The Hall–Kier alpha value is -1.74. The summed E-state index contributed by atoms with van der Waals surface area (Å²) in [6.45, 7) is 4.34. The zero-order chi connectivity index (χ0) is 18.9. The molecule has 27 heavy (non-hydrogen) atoms. The molecule has 0 saturated carbocycles. The number of amides is 2. The number of carbonyl (C=O) groups excluding carboxylic acids is 2. The van der Waals surface area contributed by atoms with Gasteiger partial charge in [0.1, 0.15) is 0 Å². The molecule has 3 heterocycles. The molecular formula is C19H25N3O3S2. The van der Waals surface area contributed by atoms with Crippen LogP contribution in [0.2, 0.25) is 0 Å². The van der Waals surface area contributed by atoms with Crippen molar-refractivity contribution in [3.63, 3.8) is 0 Å². The summed E-state index contributed by atoms with van der Waals surface area (Å²) in [6.07, 6.45) is 1.04. The van der Waals surface area contributed by atoms with Gasteiger partial charge in [-0.3, -0.25) is 14.5 Å². The van der Waals surface area contributed by atoms with E-state index in [-0.39, 0.29) is 17.9 Å². The maximum atomic E-state index is 12.2. The Bertz CT molecular complexity index is 698. The summed E-state index contributed by atoms with van der Waals surface area (Å²) in [6, 6.07) is 8.01. The first-order valence-corrected chi connectivity index (χ1v) is 10.9. The lowest BCUT2D eigenvalue weighted by molar-refractivity contribution is -0.121. The molecule has 8 heteroatoms. The molecule has 146 valence electrons. The Kier molecular flexibility index (Phi) is 7.82. The smallest absolute Gasteiger partial charge is 0.261 e. The van der Waals surface area contributed by atoms with Gasteiger partial charge in [-0.05, 0) is 29.3 Å². The molecule has 1 aliphatic rings. The van der Waals surface area contributed by atoms with E-state index in [2.05, 4.69) is 27.0 Å². The minimum Gasteiger partial charge on any atom is -0.379 e. The van der Waals surface area contributed by atoms with E-state index in [9.17, 15) is 9.59 Å². The second-order valence-electron chi connectivity index (χ2n) is 6.32. The first-order valence-electron chi connectivity index (χ1n) is 9.17. The molecule has 2 aromatic heterocycles. The zero-order valence-electron chi connectivity index (χ0n) is 15.2. The monoisotopic (exact) mass is 407 g/mol. The molecule has 0 radical (unpaired) electrons. The number of carbonyl (C=O) groups is 2. The first kappa shape index (κ1) is 20.0. The Morgan fingerprint density at radius 1 is 1.11 bits per heavy atom. The molecule has 2 N–H and O–H groups in total. The normalized spacial score (nSPS) is 16.0. The number of morpholine rings is 1. The van der Waals surface area contributed by atoms with Crippen LogP contribution < -0.4 is 10.6 Å². The molecule has 0 aliphatic carbocycles. The van der Waals surface area contributed by atoms with Crippen molar-refractivity contribution in [2.75, 3.05) is 39.4 Å². The van der Waals surface area contributed by atoms with Crippen molar-refractivity contribution in [2.45, 2.75) is 18.9 Å². The first-order chi connectivity index (χ1) is 13.2. The minimum atomic E-state index is -0.0736. The third kappa shape index (κ3) is 6.14. The van der Waals surface area contributed by atoms with Crippen LogP contribution in [-0.4, -0.2) is 56.1 Å². The average molecular weight is 408 g/mol. The third-order valence-electron chi connectivity index (χ3n) is 4.46. The van der Waals surface area contributed by atoms with Gasteiger partial charge >= 0.3 is 0 Å². The van der Waals surface area contributed by atoms with Gasteiger partial charge in [-0.2, -0.15) is 0 Å². The highest BCUT2D eigenvalue weighted by molar-refractivity contribution is 7.12. The van der Waals surface area contributed by atoms with E-state index in [0.29, 0.717) is 30.8 Å². The van der Waals surface area contributed by atoms with E-state index in [1.807, 2.05) is 17.5 Å². The van der Waals surface area contributed by atoms with Crippen LogP contribution in [0.4, 0.5) is 0 Å². The number of ether oxygens (including phenoxy) is 1. The van der Waals surface area contributed by atoms with Gasteiger partial charge in [0.05, 0.1) is 24.1 Å². The number of hydrogen-bond acceptors (Lipinski definition) is 6. The molecule has 1 aliphatic heterocycles. The van der Waals surface area contributed by atoms with E-state index in [4.69, 9.17) is 4.74 Å². The predicted octanol–water partition coefficient (Wildman–Crippen LogP) is 2.51. The summed E-state index contributed by atoms with van der Waals surface area (Å²) < 4.78 is 5.44. The summed E-state index contributed by atoms with van der Waals surface area (Å²) in [5.41, 5.74) is 0. The molecule has 2 amide bonds. The molecule has 0 spiro atoms. The SMILES string of the molecule is O=C(CCCNC(=O)c1cccs1)NCC(c1cccs1)N1CCOCC1. The average Bonchev–Trinajstić information content (AvgIpc) is 3.40. The molecular weight excluding hydrogens is 382 g/mol. The van der Waals surface area contributed by atoms with Crippen molar-refractivity contribution in [3.05, 3.63) is 44.8 Å². The predicted molar refractivity (Wildman–Crippen MR) is 108 cm³/mol. The van der Waals surface area contributed by atoms with Crippen molar-refractivity contribution in [2.24, 2.45) is 0 Å². The maximum Gasteiger partial charge on any atom is 0.261 e. The highest BCUT2D eigenvalue weighted by Crippen LogP contribution is 2.25. The van der Waals surface area contributed by atoms with E-state index < -0.39 is 0 Å². The Labute approximate surface area is 167 Å². The molecule has 1 atom stereocenters. The van der Waals surface area contributed by atoms with Gasteiger partial charge in [0.15, 0.2) is 0 Å². The van der Waals surface area contributed by atoms with Crippen LogP contribution >= 0.6 is 22.7 Å². The van der Waals surface area contributed by atoms with Crippen molar-refractivity contribution in [3.8, 4) is 0 Å². The number of nitrogens with one attached hydrogen (secondary N) is 2. The van der Waals surface area contributed by atoms with Gasteiger partial charge in [-0.15, -0.1) is 22.7 Å². The lowest BCUT2D eigenvalue weighted by atomic mass is 10.2. The highest BCUT2D eigenvalue weighted by atomic mass is 32.1. The number of nitrogens with zero attached hydrogens (tertiary/aromatic N) is 1. The quantitative estimate of drug-likeness (QED) is 0.627. The Balaban J connectivity index is 1.39. The topological polar surface area (TPSA) is 70.7 Å². The standard InChI is InChI=1S/C19H25N3O3S2/c23-18(6-1-7-20-19(24)17-5-3-13-27-17)21-14-15(16-4-2-12-26-16)22-8-10-25-11-9-22/h2-5,12-13,15H,1,6-11,14H2,(H,20,24)(H,21,23). The lowest BCUT2D eigenvalue weighted by Crippen LogP contribution is -2.43. The van der Waals surface area contributed by atoms with Crippen molar-refractivity contribution < 1.29 is 14.3 Å². The van der Waals surface area contributed by atoms with Crippen molar-refractivity contribution in [1.29, 1.82) is 0 Å². The number of thiophene rings is 2. The van der Waals surface area contributed by atoms with Crippen molar-refractivity contribution in [1.82, 2.24) is 15.5 Å². The molecule has 0 aromatic carbocycles. The molecule has 0 bridgehead atoms. The largest absolute Gasteiger partial charge is 0.379 e. The van der Waals surface area contributed by atoms with Crippen LogP contribution in [0, 0.1) is 0 Å². The van der Waals surface area contributed by atoms with Gasteiger partial charge in [0.25, 0.3) is 5.91 Å². The van der Waals surface area contributed by atoms with Gasteiger partial charge < -0.3 is 15.4 Å². The molecule has 1 saturated heterocycles. The molecule has 1 fully saturated rings. The Morgan fingerprint density at radius 2 is 1.89 bits per heavy atom. The van der Waals surface area contributed by atoms with E-state index >= 15 is 0 Å². The van der Waals surface area contributed by atoms with E-state index in [1.54, 1.807) is 17.4 Å². The second-order valence-corrected chi connectivity index (χ2v) is 8.25. The lowest BCUT2D eigenvalue weighted by Gasteiger charge is -2.34. The van der Waals surface area contributed by atoms with Crippen LogP contribution in [-0.2, 0) is 9.53 Å². The van der Waals surface area contributed by atoms with Gasteiger partial charge in [-0.1, -0.05) is 12.1 Å². The van der Waals surface area contributed by atoms with Crippen LogP contribution in [0.25, 0.3) is 0 Å². The summed E-state index contributed by atoms with van der Waals surface area (Å²) in [7, 11) is 0. The molecule has 1 unspecified atom stereocenters. The summed E-state index contributed by atoms with van der Waals surface area (Å²) in [5, 5.41) is 9.86. The molecule has 2 aromatic rings. The molecule has 3 rings (SSSR count). The summed E-state index contributed by atoms with van der Waals surface area (Å²) in [4.78, 5) is 28.4. The van der Waals surface area contributed by atoms with Crippen LogP contribution in [0.15, 0.2) is 35.0 Å². The van der Waals surface area contributed by atoms with E-state index in [1.165, 1.54) is 16.2 Å². The second kappa shape index (κ2) is 10.6. The minimum absolute atomic E-state index is 0.0233. The van der Waals surface area contributed by atoms with Crippen molar-refractivity contribution >= 4 is 34.5 Å². The van der Waals surface area contributed by atoms with E-state index in [0.717, 1.165) is 26.3 Å². The van der Waals surface area contributed by atoms with Crippen LogP contribution in [0.1, 0.15) is 33.4 Å². The van der Waals surface area contributed by atoms with Gasteiger partial charge in [0, 0.05) is 37.5 Å². The fourth-order valence-corrected chi connectivity index (χ4v) is 4.53. The van der Waals surface area contributed by atoms with Gasteiger partial charge in [0.2, 0.25) is 5.91 Å². The third-order valence-corrected chi connectivity index (χ3v) is 6.30. The van der Waals surface area contributed by atoms with Crippen LogP contribution in [0.5, 0.6) is 0 Å². The fraction of sp³-hybridized carbons (Fsp3) is 0.474. The zero-order valence-corrected chi connectivity index (χ0v) is 16.8. The summed E-state index contributed by atoms with van der Waals surface area (Å²) >= 11 is 3.13. The molecule has 6 nitrogen and oxygen atoms in total. The number of hydrogen-bond donors (Lipinski definition) is 2. The Morgan fingerprint density at radius 3 is 2.59 bits per heavy atom. The van der Waals surface area contributed by atoms with Crippen LogP contribution in [0.3, 0.4) is 0 Å². The summed E-state index contributed by atoms with van der Waals surface area (Å²) in [5.74, 6) is -0.0503.